The molecule has 0 saturated heterocycles. The van der Waals surface area contributed by atoms with Crippen molar-refractivity contribution in [2.75, 3.05) is 11.9 Å². The fourth-order valence-electron chi connectivity index (χ4n) is 2.69. The molecule has 1 aliphatic carbocycles. The molecule has 1 fully saturated rings. The van der Waals surface area contributed by atoms with Gasteiger partial charge < -0.3 is 10.2 Å². The Bertz CT molecular complexity index is 558. The van der Waals surface area contributed by atoms with Gasteiger partial charge in [0.2, 0.25) is 0 Å². The zero-order valence-electron chi connectivity index (χ0n) is 12.2. The maximum absolute atomic E-state index is 3.30. The predicted molar refractivity (Wildman–Crippen MR) is 87.5 cm³/mol. The second kappa shape index (κ2) is 5.98. The first-order valence-electron chi connectivity index (χ1n) is 7.31. The van der Waals surface area contributed by atoms with Crippen LogP contribution in [0.3, 0.4) is 0 Å². The fourth-order valence-corrected chi connectivity index (χ4v) is 3.40. The molecule has 0 bridgehead atoms. The van der Waals surface area contributed by atoms with Crippen LogP contribution in [0.25, 0.3) is 0 Å². The van der Waals surface area contributed by atoms with Gasteiger partial charge in [-0.25, -0.2) is 0 Å². The predicted octanol–water partition coefficient (Wildman–Crippen LogP) is 3.94. The van der Waals surface area contributed by atoms with Gasteiger partial charge >= 0.3 is 0 Å². The molecule has 1 saturated carbocycles. The van der Waals surface area contributed by atoms with Gasteiger partial charge in [0.25, 0.3) is 0 Å². The summed E-state index contributed by atoms with van der Waals surface area (Å²) in [6.45, 7) is 4.15. The first-order valence-corrected chi connectivity index (χ1v) is 8.19. The van der Waals surface area contributed by atoms with E-state index in [1.807, 2.05) is 18.4 Å². The molecular formula is C17H22N2S. The summed E-state index contributed by atoms with van der Waals surface area (Å²) in [6, 6.07) is 12.0. The molecule has 2 aromatic rings. The molecule has 0 atom stereocenters. The van der Waals surface area contributed by atoms with Crippen molar-refractivity contribution in [2.24, 2.45) is 0 Å². The molecular weight excluding hydrogens is 264 g/mol. The van der Waals surface area contributed by atoms with Crippen LogP contribution < -0.4 is 10.2 Å². The Morgan fingerprint density at radius 2 is 2.15 bits per heavy atom. The fraction of sp³-hybridized carbons (Fsp3) is 0.412. The molecule has 0 amide bonds. The standard InChI is InChI=1S/C17H22N2S/c1-13-5-8-17(14(10-13)11-18-2)19(15-6-7-15)12-16-4-3-9-20-16/h3-5,8-10,15,18H,6-7,11-12H2,1-2H3. The minimum atomic E-state index is 0.732. The van der Waals surface area contributed by atoms with Crippen LogP contribution in [0.5, 0.6) is 0 Å². The molecule has 2 nitrogen and oxygen atoms in total. The van der Waals surface area contributed by atoms with E-state index >= 15 is 0 Å². The van der Waals surface area contributed by atoms with Gasteiger partial charge in [-0.15, -0.1) is 11.3 Å². The Labute approximate surface area is 125 Å². The van der Waals surface area contributed by atoms with Crippen LogP contribution in [0.15, 0.2) is 35.7 Å². The Kier molecular flexibility index (Phi) is 4.08. The highest BCUT2D eigenvalue weighted by atomic mass is 32.1. The van der Waals surface area contributed by atoms with Gasteiger partial charge in [0.15, 0.2) is 0 Å². The molecule has 3 rings (SSSR count). The second-order valence-electron chi connectivity index (χ2n) is 5.60. The third-order valence-corrected chi connectivity index (χ3v) is 4.67. The summed E-state index contributed by atoms with van der Waals surface area (Å²) in [4.78, 5) is 4.05. The molecule has 1 heterocycles. The van der Waals surface area contributed by atoms with Crippen LogP contribution in [-0.2, 0) is 13.1 Å². The number of nitrogens with one attached hydrogen (secondary N) is 1. The van der Waals surface area contributed by atoms with Crippen LogP contribution in [0.1, 0.15) is 28.8 Å². The summed E-state index contributed by atoms with van der Waals surface area (Å²) in [6.07, 6.45) is 2.66. The van der Waals surface area contributed by atoms with Crippen LogP contribution in [0, 0.1) is 6.92 Å². The van der Waals surface area contributed by atoms with Crippen molar-refractivity contribution in [3.05, 3.63) is 51.7 Å². The van der Waals surface area contributed by atoms with Crippen molar-refractivity contribution in [3.63, 3.8) is 0 Å². The van der Waals surface area contributed by atoms with E-state index in [9.17, 15) is 0 Å². The van der Waals surface area contributed by atoms with E-state index < -0.39 is 0 Å². The molecule has 0 radical (unpaired) electrons. The quantitative estimate of drug-likeness (QED) is 0.865. The maximum atomic E-state index is 3.30. The third-order valence-electron chi connectivity index (χ3n) is 3.81. The number of aryl methyl sites for hydroxylation is 1. The molecule has 3 heteroatoms. The number of anilines is 1. The van der Waals surface area contributed by atoms with Gasteiger partial charge in [0.05, 0.1) is 6.54 Å². The maximum Gasteiger partial charge on any atom is 0.0526 e. The molecule has 1 aliphatic rings. The molecule has 0 aliphatic heterocycles. The summed E-state index contributed by atoms with van der Waals surface area (Å²) < 4.78 is 0. The molecule has 20 heavy (non-hydrogen) atoms. The van der Waals surface area contributed by atoms with Gasteiger partial charge in [0.1, 0.15) is 0 Å². The van der Waals surface area contributed by atoms with Crippen LogP contribution in [0.4, 0.5) is 5.69 Å². The lowest BCUT2D eigenvalue weighted by molar-refractivity contribution is 0.769. The first-order chi connectivity index (χ1) is 9.78. The number of hydrogen-bond acceptors (Lipinski definition) is 3. The Morgan fingerprint density at radius 3 is 2.80 bits per heavy atom. The van der Waals surface area contributed by atoms with Crippen molar-refractivity contribution in [3.8, 4) is 0 Å². The van der Waals surface area contributed by atoms with Crippen molar-refractivity contribution >= 4 is 17.0 Å². The summed E-state index contributed by atoms with van der Waals surface area (Å²) in [5.41, 5.74) is 4.16. The lowest BCUT2D eigenvalue weighted by Crippen LogP contribution is -2.26. The average Bonchev–Trinajstić information content (AvgIpc) is 3.15. The molecule has 1 aromatic heterocycles. The summed E-state index contributed by atoms with van der Waals surface area (Å²) >= 11 is 1.86. The normalized spacial score (nSPS) is 14.5. The SMILES string of the molecule is CNCc1cc(C)ccc1N(Cc1cccs1)C1CC1. The van der Waals surface area contributed by atoms with Gasteiger partial charge in [-0.05, 0) is 49.9 Å². The monoisotopic (exact) mass is 286 g/mol. The highest BCUT2D eigenvalue weighted by molar-refractivity contribution is 7.09. The lowest BCUT2D eigenvalue weighted by atomic mass is 10.1. The Hall–Kier alpha value is -1.32. The van der Waals surface area contributed by atoms with Crippen molar-refractivity contribution in [1.29, 1.82) is 0 Å². The number of hydrogen-bond donors (Lipinski definition) is 1. The number of nitrogens with zero attached hydrogens (tertiary/aromatic N) is 1. The first kappa shape index (κ1) is 13.7. The van der Waals surface area contributed by atoms with E-state index in [-0.39, 0.29) is 0 Å². The Morgan fingerprint density at radius 1 is 1.30 bits per heavy atom. The van der Waals surface area contributed by atoms with Crippen molar-refractivity contribution in [2.45, 2.75) is 38.9 Å². The third kappa shape index (κ3) is 3.05. The lowest BCUT2D eigenvalue weighted by Gasteiger charge is -2.27. The van der Waals surface area contributed by atoms with Crippen molar-refractivity contribution < 1.29 is 0 Å². The van der Waals surface area contributed by atoms with Gasteiger partial charge in [-0.3, -0.25) is 0 Å². The second-order valence-corrected chi connectivity index (χ2v) is 6.63. The van der Waals surface area contributed by atoms with E-state index in [4.69, 9.17) is 0 Å². The average molecular weight is 286 g/mol. The van der Waals surface area contributed by atoms with Crippen molar-refractivity contribution in [1.82, 2.24) is 5.32 Å². The molecule has 1 aromatic carbocycles. The largest absolute Gasteiger partial charge is 0.363 e. The van der Waals surface area contributed by atoms with E-state index in [1.54, 1.807) is 0 Å². The minimum Gasteiger partial charge on any atom is -0.363 e. The number of thiophene rings is 1. The zero-order chi connectivity index (χ0) is 13.9. The van der Waals surface area contributed by atoms with E-state index in [2.05, 4.69) is 52.9 Å². The number of benzene rings is 1. The van der Waals surface area contributed by atoms with Crippen LogP contribution >= 0.6 is 11.3 Å². The van der Waals surface area contributed by atoms with E-state index in [1.165, 1.54) is 34.5 Å². The molecule has 0 unspecified atom stereocenters. The zero-order valence-corrected chi connectivity index (χ0v) is 13.0. The molecule has 106 valence electrons. The molecule has 1 N–H and O–H groups in total. The van der Waals surface area contributed by atoms with Crippen LogP contribution in [-0.4, -0.2) is 13.1 Å². The van der Waals surface area contributed by atoms with E-state index in [0.29, 0.717) is 0 Å². The van der Waals surface area contributed by atoms with Gasteiger partial charge in [-0.1, -0.05) is 23.8 Å². The van der Waals surface area contributed by atoms with E-state index in [0.717, 1.165) is 19.1 Å². The molecule has 0 spiro atoms. The topological polar surface area (TPSA) is 15.3 Å². The summed E-state index contributed by atoms with van der Waals surface area (Å²) in [7, 11) is 2.02. The summed E-state index contributed by atoms with van der Waals surface area (Å²) in [5, 5.41) is 5.47. The number of rotatable bonds is 6. The summed E-state index contributed by atoms with van der Waals surface area (Å²) in [5.74, 6) is 0. The van der Waals surface area contributed by atoms with Gasteiger partial charge in [-0.2, -0.15) is 0 Å². The van der Waals surface area contributed by atoms with Crippen LogP contribution in [0.2, 0.25) is 0 Å². The smallest absolute Gasteiger partial charge is 0.0526 e. The van der Waals surface area contributed by atoms with Gasteiger partial charge in [0, 0.05) is 23.2 Å². The highest BCUT2D eigenvalue weighted by Gasteiger charge is 2.30. The Balaban J connectivity index is 1.90. The minimum absolute atomic E-state index is 0.732. The highest BCUT2D eigenvalue weighted by Crippen LogP contribution is 2.35.